The molecule has 3 nitrogen and oxygen atoms in total. The average molecular weight is 273 g/mol. The van der Waals surface area contributed by atoms with Gasteiger partial charge in [0.15, 0.2) is 0 Å². The molecule has 18 heavy (non-hydrogen) atoms. The van der Waals surface area contributed by atoms with Crippen LogP contribution in [0.15, 0.2) is 24.3 Å². The highest BCUT2D eigenvalue weighted by Crippen LogP contribution is 2.12. The zero-order valence-electron chi connectivity index (χ0n) is 11.3. The summed E-state index contributed by atoms with van der Waals surface area (Å²) in [6.07, 6.45) is 0.560. The van der Waals surface area contributed by atoms with E-state index in [0.29, 0.717) is 19.2 Å². The van der Waals surface area contributed by atoms with Gasteiger partial charge < -0.3 is 27.6 Å². The van der Waals surface area contributed by atoms with Gasteiger partial charge in [0, 0.05) is 12.6 Å². The Labute approximate surface area is 116 Å². The van der Waals surface area contributed by atoms with Gasteiger partial charge in [-0.15, -0.1) is 0 Å². The minimum atomic E-state index is -0.469. The first kappa shape index (κ1) is 17.2. The average Bonchev–Trinajstić information content (AvgIpc) is 2.34. The summed E-state index contributed by atoms with van der Waals surface area (Å²) in [4.78, 5) is 0. The topological polar surface area (TPSA) is 41.5 Å². The number of hydrogen-bond donors (Lipinski definition) is 2. The molecule has 0 radical (unpaired) electrons. The lowest BCUT2D eigenvalue weighted by molar-refractivity contribution is -0.00000554. The van der Waals surface area contributed by atoms with Crippen LogP contribution in [0.2, 0.25) is 0 Å². The molecule has 1 aromatic carbocycles. The first-order valence-electron chi connectivity index (χ1n) is 6.25. The lowest BCUT2D eigenvalue weighted by atomic mass is 10.2. The first-order chi connectivity index (χ1) is 8.11. The molecule has 4 heteroatoms. The third-order valence-corrected chi connectivity index (χ3v) is 2.54. The van der Waals surface area contributed by atoms with Crippen LogP contribution in [0.1, 0.15) is 26.3 Å². The van der Waals surface area contributed by atoms with Crippen molar-refractivity contribution in [2.45, 2.75) is 39.3 Å². The standard InChI is InChI=1S/C14H23NO2.ClH/c1-4-12-5-7-14(8-6-12)17-10-13(16)9-15-11(2)3;/h5-8,11,13,15-16H,4,9-10H2,1-3H3;1H/p-1. The number of aryl methyl sites for hydroxylation is 1. The predicted octanol–water partition coefficient (Wildman–Crippen LogP) is -1.01. The molecule has 0 aromatic heterocycles. The maximum atomic E-state index is 9.67. The number of hydrogen-bond acceptors (Lipinski definition) is 3. The summed E-state index contributed by atoms with van der Waals surface area (Å²) in [7, 11) is 0. The van der Waals surface area contributed by atoms with Crippen LogP contribution in [0.4, 0.5) is 0 Å². The highest BCUT2D eigenvalue weighted by molar-refractivity contribution is 5.27. The maximum Gasteiger partial charge on any atom is 0.119 e. The molecule has 1 unspecified atom stereocenters. The smallest absolute Gasteiger partial charge is 0.119 e. The summed E-state index contributed by atoms with van der Waals surface area (Å²) in [5, 5.41) is 12.8. The van der Waals surface area contributed by atoms with E-state index in [1.165, 1.54) is 5.56 Å². The fraction of sp³-hybridized carbons (Fsp3) is 0.571. The van der Waals surface area contributed by atoms with E-state index in [-0.39, 0.29) is 12.4 Å². The van der Waals surface area contributed by atoms with Crippen LogP contribution in [0.3, 0.4) is 0 Å². The summed E-state index contributed by atoms with van der Waals surface area (Å²) in [5.41, 5.74) is 1.29. The molecular formula is C14H23ClNO2-. The van der Waals surface area contributed by atoms with Gasteiger partial charge in [-0.1, -0.05) is 32.9 Å². The summed E-state index contributed by atoms with van der Waals surface area (Å²) in [5.74, 6) is 0.811. The number of ether oxygens (including phenoxy) is 1. The molecular weight excluding hydrogens is 250 g/mol. The van der Waals surface area contributed by atoms with E-state index in [4.69, 9.17) is 4.74 Å². The van der Waals surface area contributed by atoms with E-state index in [1.807, 2.05) is 24.3 Å². The summed E-state index contributed by atoms with van der Waals surface area (Å²) in [6.45, 7) is 7.11. The van der Waals surface area contributed by atoms with Crippen LogP contribution in [0.5, 0.6) is 5.75 Å². The fourth-order valence-corrected chi connectivity index (χ4v) is 1.44. The second-order valence-electron chi connectivity index (χ2n) is 4.53. The van der Waals surface area contributed by atoms with E-state index in [0.717, 1.165) is 12.2 Å². The number of aliphatic hydroxyl groups is 1. The van der Waals surface area contributed by atoms with Gasteiger partial charge in [0.1, 0.15) is 18.5 Å². The van der Waals surface area contributed by atoms with Crippen molar-refractivity contribution in [3.8, 4) is 5.75 Å². The van der Waals surface area contributed by atoms with Gasteiger partial charge in [-0.05, 0) is 24.1 Å². The lowest BCUT2D eigenvalue weighted by Crippen LogP contribution is -3.00. The number of benzene rings is 1. The normalized spacial score (nSPS) is 12.1. The van der Waals surface area contributed by atoms with Crippen LogP contribution < -0.4 is 22.5 Å². The highest BCUT2D eigenvalue weighted by Gasteiger charge is 2.05. The van der Waals surface area contributed by atoms with Crippen molar-refractivity contribution in [2.75, 3.05) is 13.2 Å². The van der Waals surface area contributed by atoms with E-state index in [1.54, 1.807) is 0 Å². The molecule has 0 aliphatic carbocycles. The van der Waals surface area contributed by atoms with Crippen molar-refractivity contribution in [3.05, 3.63) is 29.8 Å². The molecule has 0 aliphatic heterocycles. The Morgan fingerprint density at radius 2 is 1.83 bits per heavy atom. The molecule has 104 valence electrons. The Kier molecular flexibility index (Phi) is 8.81. The molecule has 2 N–H and O–H groups in total. The molecule has 0 saturated carbocycles. The van der Waals surface area contributed by atoms with Gasteiger partial charge in [-0.25, -0.2) is 0 Å². The second kappa shape index (κ2) is 9.20. The Morgan fingerprint density at radius 1 is 1.22 bits per heavy atom. The van der Waals surface area contributed by atoms with Gasteiger partial charge in [0.25, 0.3) is 0 Å². The monoisotopic (exact) mass is 272 g/mol. The summed E-state index contributed by atoms with van der Waals surface area (Å²) in [6, 6.07) is 8.37. The van der Waals surface area contributed by atoms with E-state index < -0.39 is 6.10 Å². The van der Waals surface area contributed by atoms with Crippen molar-refractivity contribution in [2.24, 2.45) is 0 Å². The minimum absolute atomic E-state index is 0. The number of nitrogens with one attached hydrogen (secondary N) is 1. The Morgan fingerprint density at radius 3 is 2.33 bits per heavy atom. The van der Waals surface area contributed by atoms with Crippen molar-refractivity contribution in [1.82, 2.24) is 5.32 Å². The minimum Gasteiger partial charge on any atom is -1.00 e. The van der Waals surface area contributed by atoms with E-state index in [2.05, 4.69) is 26.1 Å². The zero-order valence-corrected chi connectivity index (χ0v) is 12.1. The molecule has 0 spiro atoms. The lowest BCUT2D eigenvalue weighted by Gasteiger charge is -2.15. The van der Waals surface area contributed by atoms with Crippen LogP contribution in [0.25, 0.3) is 0 Å². The molecule has 0 bridgehead atoms. The predicted molar refractivity (Wildman–Crippen MR) is 70.5 cm³/mol. The third kappa shape index (κ3) is 6.84. The Bertz CT molecular complexity index is 314. The number of halogens is 1. The number of aliphatic hydroxyl groups excluding tert-OH is 1. The van der Waals surface area contributed by atoms with E-state index in [9.17, 15) is 5.11 Å². The quantitative estimate of drug-likeness (QED) is 0.669. The van der Waals surface area contributed by atoms with Gasteiger partial charge in [0.2, 0.25) is 0 Å². The summed E-state index contributed by atoms with van der Waals surface area (Å²) >= 11 is 0. The maximum absolute atomic E-state index is 9.67. The SMILES string of the molecule is CCc1ccc(OCC(O)CNC(C)C)cc1.[Cl-]. The van der Waals surface area contributed by atoms with Crippen LogP contribution in [-0.4, -0.2) is 30.4 Å². The molecule has 0 aliphatic rings. The number of rotatable bonds is 7. The third-order valence-electron chi connectivity index (χ3n) is 2.54. The van der Waals surface area contributed by atoms with Crippen LogP contribution >= 0.6 is 0 Å². The Hall–Kier alpha value is -0.770. The molecule has 0 amide bonds. The van der Waals surface area contributed by atoms with Crippen molar-refractivity contribution < 1.29 is 22.3 Å². The fourth-order valence-electron chi connectivity index (χ4n) is 1.44. The molecule has 1 rings (SSSR count). The van der Waals surface area contributed by atoms with Crippen molar-refractivity contribution in [3.63, 3.8) is 0 Å². The molecule has 0 heterocycles. The van der Waals surface area contributed by atoms with E-state index >= 15 is 0 Å². The van der Waals surface area contributed by atoms with Gasteiger partial charge in [-0.2, -0.15) is 0 Å². The summed E-state index contributed by atoms with van der Waals surface area (Å²) < 4.78 is 5.51. The van der Waals surface area contributed by atoms with Gasteiger partial charge in [-0.3, -0.25) is 0 Å². The molecule has 0 fully saturated rings. The largest absolute Gasteiger partial charge is 1.00 e. The molecule has 1 aromatic rings. The van der Waals surface area contributed by atoms with Gasteiger partial charge in [0.05, 0.1) is 0 Å². The second-order valence-corrected chi connectivity index (χ2v) is 4.53. The van der Waals surface area contributed by atoms with Crippen molar-refractivity contribution in [1.29, 1.82) is 0 Å². The molecule has 1 atom stereocenters. The van der Waals surface area contributed by atoms with Crippen LogP contribution in [-0.2, 0) is 6.42 Å². The van der Waals surface area contributed by atoms with Crippen molar-refractivity contribution >= 4 is 0 Å². The Balaban J connectivity index is 0.00000289. The molecule has 0 saturated heterocycles. The first-order valence-corrected chi connectivity index (χ1v) is 6.25. The zero-order chi connectivity index (χ0) is 12.7. The van der Waals surface area contributed by atoms with Crippen LogP contribution in [0, 0.1) is 0 Å². The van der Waals surface area contributed by atoms with Gasteiger partial charge >= 0.3 is 0 Å². The highest BCUT2D eigenvalue weighted by atomic mass is 35.5.